The van der Waals surface area contributed by atoms with E-state index in [9.17, 15) is 0 Å². The van der Waals surface area contributed by atoms with Gasteiger partial charge in [0.1, 0.15) is 0 Å². The summed E-state index contributed by atoms with van der Waals surface area (Å²) >= 11 is 3.53. The molecule has 2 heteroatoms. The largest absolute Gasteiger partial charge is 0.313 e. The van der Waals surface area contributed by atoms with Gasteiger partial charge in [-0.25, -0.2) is 0 Å². The highest BCUT2D eigenvalue weighted by Gasteiger charge is 2.09. The van der Waals surface area contributed by atoms with Crippen LogP contribution in [0.4, 0.5) is 0 Å². The Morgan fingerprint density at radius 2 is 2.23 bits per heavy atom. The predicted octanol–water partition coefficient (Wildman–Crippen LogP) is 3.29. The molecule has 1 unspecified atom stereocenters. The second-order valence-corrected chi connectivity index (χ2v) is 3.74. The Morgan fingerprint density at radius 1 is 1.54 bits per heavy atom. The zero-order valence-electron chi connectivity index (χ0n) is 7.76. The topological polar surface area (TPSA) is 12.0 Å². The quantitative estimate of drug-likeness (QED) is 0.796. The van der Waals surface area contributed by atoms with E-state index >= 15 is 0 Å². The van der Waals surface area contributed by atoms with E-state index in [4.69, 9.17) is 0 Å². The van der Waals surface area contributed by atoms with Crippen molar-refractivity contribution in [1.29, 1.82) is 0 Å². The molecule has 1 aromatic carbocycles. The van der Waals surface area contributed by atoms with Crippen LogP contribution in [-0.2, 0) is 0 Å². The fourth-order valence-corrected chi connectivity index (χ4v) is 1.89. The van der Waals surface area contributed by atoms with Gasteiger partial charge in [-0.15, -0.1) is 6.58 Å². The molecule has 0 aliphatic heterocycles. The molecule has 0 saturated heterocycles. The van der Waals surface area contributed by atoms with Crippen molar-refractivity contribution in [2.45, 2.75) is 12.5 Å². The lowest BCUT2D eigenvalue weighted by Crippen LogP contribution is -2.15. The van der Waals surface area contributed by atoms with Gasteiger partial charge in [-0.05, 0) is 25.1 Å². The van der Waals surface area contributed by atoms with Crippen LogP contribution in [0.3, 0.4) is 0 Å². The Labute approximate surface area is 88.0 Å². The number of benzene rings is 1. The highest BCUT2D eigenvalue weighted by atomic mass is 79.9. The Morgan fingerprint density at radius 3 is 2.77 bits per heavy atom. The average molecular weight is 240 g/mol. The van der Waals surface area contributed by atoms with Gasteiger partial charge in [-0.2, -0.15) is 0 Å². The van der Waals surface area contributed by atoms with Crippen molar-refractivity contribution in [2.24, 2.45) is 0 Å². The van der Waals surface area contributed by atoms with Crippen LogP contribution in [0.15, 0.2) is 41.4 Å². The maximum absolute atomic E-state index is 3.75. The summed E-state index contributed by atoms with van der Waals surface area (Å²) in [6.07, 6.45) is 2.87. The van der Waals surface area contributed by atoms with E-state index in [-0.39, 0.29) is 0 Å². The molecule has 70 valence electrons. The van der Waals surface area contributed by atoms with Crippen LogP contribution >= 0.6 is 15.9 Å². The van der Waals surface area contributed by atoms with Crippen molar-refractivity contribution in [3.05, 3.63) is 47.0 Å². The Hall–Kier alpha value is -0.600. The van der Waals surface area contributed by atoms with Crippen molar-refractivity contribution in [3.8, 4) is 0 Å². The van der Waals surface area contributed by atoms with Gasteiger partial charge in [-0.3, -0.25) is 0 Å². The minimum atomic E-state index is 0.355. The molecule has 1 aromatic rings. The van der Waals surface area contributed by atoms with E-state index in [1.54, 1.807) is 0 Å². The second-order valence-electron chi connectivity index (χ2n) is 2.89. The van der Waals surface area contributed by atoms with Gasteiger partial charge in [0, 0.05) is 10.5 Å². The van der Waals surface area contributed by atoms with Crippen LogP contribution in [0, 0.1) is 0 Å². The zero-order valence-corrected chi connectivity index (χ0v) is 9.34. The standard InChI is InChI=1S/C11H14BrN/c1-3-6-11(13-2)9-7-4-5-8-10(9)12/h3-5,7-8,11,13H,1,6H2,2H3. The maximum atomic E-state index is 3.75. The second kappa shape index (κ2) is 5.20. The molecule has 0 heterocycles. The summed E-state index contributed by atoms with van der Waals surface area (Å²) in [7, 11) is 1.97. The first-order chi connectivity index (χ1) is 6.29. The monoisotopic (exact) mass is 239 g/mol. The first kappa shape index (κ1) is 10.5. The maximum Gasteiger partial charge on any atom is 0.0363 e. The molecule has 0 bridgehead atoms. The average Bonchev–Trinajstić information content (AvgIpc) is 2.16. The van der Waals surface area contributed by atoms with Gasteiger partial charge in [0.2, 0.25) is 0 Å². The van der Waals surface area contributed by atoms with Crippen LogP contribution in [-0.4, -0.2) is 7.05 Å². The molecule has 0 saturated carbocycles. The smallest absolute Gasteiger partial charge is 0.0363 e. The molecule has 1 atom stereocenters. The van der Waals surface area contributed by atoms with Crippen LogP contribution in [0.25, 0.3) is 0 Å². The molecule has 0 aromatic heterocycles. The minimum absolute atomic E-state index is 0.355. The van der Waals surface area contributed by atoms with Crippen LogP contribution < -0.4 is 5.32 Å². The minimum Gasteiger partial charge on any atom is -0.313 e. The van der Waals surface area contributed by atoms with Gasteiger partial charge in [0.05, 0.1) is 0 Å². The zero-order chi connectivity index (χ0) is 9.68. The molecule has 0 radical (unpaired) electrons. The number of hydrogen-bond donors (Lipinski definition) is 1. The lowest BCUT2D eigenvalue weighted by Gasteiger charge is -2.15. The molecule has 0 fully saturated rings. The third-order valence-electron chi connectivity index (χ3n) is 2.03. The molecule has 13 heavy (non-hydrogen) atoms. The summed E-state index contributed by atoms with van der Waals surface area (Å²) in [5.74, 6) is 0. The number of rotatable bonds is 4. The Kier molecular flexibility index (Phi) is 4.19. The van der Waals surface area contributed by atoms with Crippen molar-refractivity contribution in [1.82, 2.24) is 5.32 Å². The summed E-state index contributed by atoms with van der Waals surface area (Å²) in [6, 6.07) is 8.60. The summed E-state index contributed by atoms with van der Waals surface area (Å²) in [5.41, 5.74) is 1.28. The summed E-state index contributed by atoms with van der Waals surface area (Å²) in [6.45, 7) is 3.75. The summed E-state index contributed by atoms with van der Waals surface area (Å²) in [4.78, 5) is 0. The molecule has 0 amide bonds. The molecule has 1 rings (SSSR count). The molecule has 0 aliphatic carbocycles. The summed E-state index contributed by atoms with van der Waals surface area (Å²) < 4.78 is 1.15. The van der Waals surface area contributed by atoms with E-state index in [0.717, 1.165) is 10.9 Å². The number of nitrogens with one attached hydrogen (secondary N) is 1. The lowest BCUT2D eigenvalue weighted by atomic mass is 10.0. The molecular weight excluding hydrogens is 226 g/mol. The molecule has 1 nitrogen and oxygen atoms in total. The van der Waals surface area contributed by atoms with Crippen LogP contribution in [0.1, 0.15) is 18.0 Å². The Balaban J connectivity index is 2.90. The third kappa shape index (κ3) is 2.68. The number of hydrogen-bond acceptors (Lipinski definition) is 1. The van der Waals surface area contributed by atoms with Crippen LogP contribution in [0.2, 0.25) is 0 Å². The van der Waals surface area contributed by atoms with Crippen LogP contribution in [0.5, 0.6) is 0 Å². The Bertz CT molecular complexity index is 283. The van der Waals surface area contributed by atoms with E-state index in [1.807, 2.05) is 25.3 Å². The van der Waals surface area contributed by atoms with Gasteiger partial charge in [-0.1, -0.05) is 40.2 Å². The SMILES string of the molecule is C=CCC(NC)c1ccccc1Br. The molecule has 0 aliphatic rings. The lowest BCUT2D eigenvalue weighted by molar-refractivity contribution is 0.601. The van der Waals surface area contributed by atoms with Crippen molar-refractivity contribution >= 4 is 15.9 Å². The first-order valence-corrected chi connectivity index (χ1v) is 5.11. The van der Waals surface area contributed by atoms with Crippen molar-refractivity contribution in [3.63, 3.8) is 0 Å². The van der Waals surface area contributed by atoms with E-state index in [0.29, 0.717) is 6.04 Å². The predicted molar refractivity (Wildman–Crippen MR) is 60.8 cm³/mol. The first-order valence-electron chi connectivity index (χ1n) is 4.32. The normalized spacial score (nSPS) is 12.5. The molecule has 1 N–H and O–H groups in total. The number of halogens is 1. The fourth-order valence-electron chi connectivity index (χ4n) is 1.32. The summed E-state index contributed by atoms with van der Waals surface area (Å²) in [5, 5.41) is 3.26. The van der Waals surface area contributed by atoms with Crippen molar-refractivity contribution in [2.75, 3.05) is 7.05 Å². The van der Waals surface area contributed by atoms with Gasteiger partial charge in [0.15, 0.2) is 0 Å². The third-order valence-corrected chi connectivity index (χ3v) is 2.75. The highest BCUT2D eigenvalue weighted by molar-refractivity contribution is 9.10. The van der Waals surface area contributed by atoms with Crippen molar-refractivity contribution < 1.29 is 0 Å². The molecule has 0 spiro atoms. The molecular formula is C11H14BrN. The highest BCUT2D eigenvalue weighted by Crippen LogP contribution is 2.24. The van der Waals surface area contributed by atoms with Gasteiger partial charge >= 0.3 is 0 Å². The fraction of sp³-hybridized carbons (Fsp3) is 0.273. The van der Waals surface area contributed by atoms with E-state index < -0.39 is 0 Å². The van der Waals surface area contributed by atoms with E-state index in [2.05, 4.69) is 40.0 Å². The van der Waals surface area contributed by atoms with E-state index in [1.165, 1.54) is 5.56 Å². The van der Waals surface area contributed by atoms with Gasteiger partial charge in [0.25, 0.3) is 0 Å². The van der Waals surface area contributed by atoms with Gasteiger partial charge < -0.3 is 5.32 Å².